The molecule has 0 radical (unpaired) electrons. The van der Waals surface area contributed by atoms with Crippen molar-refractivity contribution >= 4 is 15.9 Å². The number of halogens is 1. The summed E-state index contributed by atoms with van der Waals surface area (Å²) in [5.41, 5.74) is 7.63. The number of nitrogens with two attached hydrogens (primary N) is 1. The van der Waals surface area contributed by atoms with Gasteiger partial charge in [-0.25, -0.2) is 0 Å². The number of rotatable bonds is 4. The lowest BCUT2D eigenvalue weighted by Crippen LogP contribution is -2.32. The molecule has 0 spiro atoms. The van der Waals surface area contributed by atoms with Gasteiger partial charge in [0.2, 0.25) is 0 Å². The number of benzene rings is 1. The van der Waals surface area contributed by atoms with Gasteiger partial charge in [0, 0.05) is 0 Å². The molecule has 0 aliphatic heterocycles. The van der Waals surface area contributed by atoms with Crippen LogP contribution in [-0.4, -0.2) is 20.8 Å². The van der Waals surface area contributed by atoms with Crippen LogP contribution in [0.5, 0.6) is 11.5 Å². The standard InChI is InChI=1S/C17H26BrNO2/c1-17(2)8-7-11(10-19)13(9-17)12-5-6-14(20-3)15(18)16(12)21-4/h5-6,11,13H,7-10,19H2,1-4H3. The number of ether oxygens (including phenoxy) is 2. The van der Waals surface area contributed by atoms with Gasteiger partial charge in [0.25, 0.3) is 0 Å². The van der Waals surface area contributed by atoms with Gasteiger partial charge in [0.15, 0.2) is 0 Å². The van der Waals surface area contributed by atoms with Crippen LogP contribution in [0.2, 0.25) is 0 Å². The minimum absolute atomic E-state index is 0.355. The SMILES string of the molecule is COc1ccc(C2CC(C)(C)CCC2CN)c(OC)c1Br. The molecule has 2 rings (SSSR count). The second-order valence-corrected chi connectivity index (χ2v) is 7.51. The highest BCUT2D eigenvalue weighted by Crippen LogP contribution is 2.50. The number of hydrogen-bond donors (Lipinski definition) is 1. The molecule has 21 heavy (non-hydrogen) atoms. The highest BCUT2D eigenvalue weighted by Gasteiger charge is 2.36. The maximum absolute atomic E-state index is 6.03. The lowest BCUT2D eigenvalue weighted by Gasteiger charge is -2.41. The first-order chi connectivity index (χ1) is 9.93. The van der Waals surface area contributed by atoms with E-state index in [0.717, 1.165) is 28.9 Å². The third-order valence-corrected chi connectivity index (χ3v) is 5.50. The molecule has 1 aromatic carbocycles. The van der Waals surface area contributed by atoms with Gasteiger partial charge in [-0.05, 0) is 70.6 Å². The molecule has 2 atom stereocenters. The van der Waals surface area contributed by atoms with Crippen LogP contribution in [0.25, 0.3) is 0 Å². The van der Waals surface area contributed by atoms with Crippen LogP contribution in [0.4, 0.5) is 0 Å². The topological polar surface area (TPSA) is 44.5 Å². The van der Waals surface area contributed by atoms with E-state index in [1.807, 2.05) is 6.07 Å². The summed E-state index contributed by atoms with van der Waals surface area (Å²) in [5.74, 6) is 2.65. The molecule has 0 amide bonds. The lowest BCUT2D eigenvalue weighted by molar-refractivity contribution is 0.163. The summed E-state index contributed by atoms with van der Waals surface area (Å²) in [5, 5.41) is 0. The smallest absolute Gasteiger partial charge is 0.140 e. The quantitative estimate of drug-likeness (QED) is 0.873. The zero-order valence-electron chi connectivity index (χ0n) is 13.4. The van der Waals surface area contributed by atoms with Crippen LogP contribution < -0.4 is 15.2 Å². The van der Waals surface area contributed by atoms with Gasteiger partial charge in [-0.2, -0.15) is 0 Å². The molecular formula is C17H26BrNO2. The van der Waals surface area contributed by atoms with E-state index < -0.39 is 0 Å². The Kier molecular flexibility index (Phi) is 5.20. The van der Waals surface area contributed by atoms with Crippen LogP contribution in [0.15, 0.2) is 16.6 Å². The van der Waals surface area contributed by atoms with Crippen molar-refractivity contribution in [2.24, 2.45) is 17.1 Å². The van der Waals surface area contributed by atoms with E-state index in [2.05, 4.69) is 35.8 Å². The maximum Gasteiger partial charge on any atom is 0.140 e. The van der Waals surface area contributed by atoms with Crippen LogP contribution in [0, 0.1) is 11.3 Å². The first-order valence-electron chi connectivity index (χ1n) is 7.54. The zero-order valence-corrected chi connectivity index (χ0v) is 15.0. The molecule has 1 aromatic rings. The fourth-order valence-corrected chi connectivity index (χ4v) is 4.18. The predicted octanol–water partition coefficient (Wildman–Crippen LogP) is 4.33. The largest absolute Gasteiger partial charge is 0.495 e. The van der Waals surface area contributed by atoms with Gasteiger partial charge in [-0.3, -0.25) is 0 Å². The predicted molar refractivity (Wildman–Crippen MR) is 90.2 cm³/mol. The van der Waals surface area contributed by atoms with Gasteiger partial charge in [-0.1, -0.05) is 19.9 Å². The van der Waals surface area contributed by atoms with Gasteiger partial charge >= 0.3 is 0 Å². The van der Waals surface area contributed by atoms with E-state index in [9.17, 15) is 0 Å². The lowest BCUT2D eigenvalue weighted by atomic mass is 9.65. The molecule has 2 N–H and O–H groups in total. The molecule has 0 saturated heterocycles. The fourth-order valence-electron chi connectivity index (χ4n) is 3.50. The molecule has 1 aliphatic carbocycles. The summed E-state index contributed by atoms with van der Waals surface area (Å²) in [6, 6.07) is 4.15. The molecule has 4 heteroatoms. The van der Waals surface area contributed by atoms with Crippen molar-refractivity contribution in [1.29, 1.82) is 0 Å². The first-order valence-corrected chi connectivity index (χ1v) is 8.33. The Morgan fingerprint density at radius 1 is 1.29 bits per heavy atom. The highest BCUT2D eigenvalue weighted by atomic mass is 79.9. The normalized spacial score (nSPS) is 24.7. The molecule has 3 nitrogen and oxygen atoms in total. The second-order valence-electron chi connectivity index (χ2n) is 6.71. The number of hydrogen-bond acceptors (Lipinski definition) is 3. The van der Waals surface area contributed by atoms with E-state index >= 15 is 0 Å². The van der Waals surface area contributed by atoms with Crippen molar-refractivity contribution in [2.45, 2.75) is 39.0 Å². The van der Waals surface area contributed by atoms with E-state index in [0.29, 0.717) is 17.3 Å². The summed E-state index contributed by atoms with van der Waals surface area (Å²) >= 11 is 3.61. The molecule has 2 unspecified atom stereocenters. The number of methoxy groups -OCH3 is 2. The third kappa shape index (κ3) is 3.37. The van der Waals surface area contributed by atoms with E-state index in [4.69, 9.17) is 15.2 Å². The summed E-state index contributed by atoms with van der Waals surface area (Å²) in [6.07, 6.45) is 3.57. The Morgan fingerprint density at radius 2 is 2.00 bits per heavy atom. The van der Waals surface area contributed by atoms with Crippen molar-refractivity contribution < 1.29 is 9.47 Å². The Hall–Kier alpha value is -0.740. The molecule has 118 valence electrons. The summed E-state index contributed by atoms with van der Waals surface area (Å²) in [4.78, 5) is 0. The monoisotopic (exact) mass is 355 g/mol. The average Bonchev–Trinajstić information content (AvgIpc) is 2.46. The minimum Gasteiger partial charge on any atom is -0.495 e. The molecule has 0 bridgehead atoms. The average molecular weight is 356 g/mol. The Bertz CT molecular complexity index is 502. The highest BCUT2D eigenvalue weighted by molar-refractivity contribution is 9.10. The molecule has 1 aliphatic rings. The molecular weight excluding hydrogens is 330 g/mol. The Balaban J connectivity index is 2.45. The molecule has 1 saturated carbocycles. The van der Waals surface area contributed by atoms with Crippen LogP contribution in [0.1, 0.15) is 44.6 Å². The summed E-state index contributed by atoms with van der Waals surface area (Å²) in [6.45, 7) is 5.42. The van der Waals surface area contributed by atoms with Crippen molar-refractivity contribution in [1.82, 2.24) is 0 Å². The van der Waals surface area contributed by atoms with Crippen molar-refractivity contribution in [2.75, 3.05) is 20.8 Å². The first kappa shape index (κ1) is 16.6. The van der Waals surface area contributed by atoms with E-state index in [1.54, 1.807) is 14.2 Å². The van der Waals surface area contributed by atoms with Crippen LogP contribution in [-0.2, 0) is 0 Å². The third-order valence-electron chi connectivity index (χ3n) is 4.75. The van der Waals surface area contributed by atoms with Crippen molar-refractivity contribution in [3.05, 3.63) is 22.2 Å². The zero-order chi connectivity index (χ0) is 15.6. The minimum atomic E-state index is 0.355. The molecule has 0 heterocycles. The van der Waals surface area contributed by atoms with Gasteiger partial charge in [-0.15, -0.1) is 0 Å². The van der Waals surface area contributed by atoms with Crippen LogP contribution in [0.3, 0.4) is 0 Å². The van der Waals surface area contributed by atoms with E-state index in [1.165, 1.54) is 18.4 Å². The molecule has 0 aromatic heterocycles. The van der Waals surface area contributed by atoms with Gasteiger partial charge < -0.3 is 15.2 Å². The van der Waals surface area contributed by atoms with Crippen molar-refractivity contribution in [3.8, 4) is 11.5 Å². The Labute approximate surface area is 136 Å². The van der Waals surface area contributed by atoms with Crippen molar-refractivity contribution in [3.63, 3.8) is 0 Å². The van der Waals surface area contributed by atoms with E-state index in [-0.39, 0.29) is 0 Å². The summed E-state index contributed by atoms with van der Waals surface area (Å²) < 4.78 is 11.9. The maximum atomic E-state index is 6.03. The second kappa shape index (κ2) is 6.57. The molecule has 1 fully saturated rings. The Morgan fingerprint density at radius 3 is 2.57 bits per heavy atom. The van der Waals surface area contributed by atoms with Gasteiger partial charge in [0.05, 0.1) is 14.2 Å². The van der Waals surface area contributed by atoms with Gasteiger partial charge in [0.1, 0.15) is 16.0 Å². The van der Waals surface area contributed by atoms with Crippen LogP contribution >= 0.6 is 15.9 Å². The summed E-state index contributed by atoms with van der Waals surface area (Å²) in [7, 11) is 3.39. The fraction of sp³-hybridized carbons (Fsp3) is 0.647.